The fourth-order valence-electron chi connectivity index (χ4n) is 10.7. The van der Waals surface area contributed by atoms with Gasteiger partial charge in [-0.1, -0.05) is 101 Å². The minimum absolute atomic E-state index is 0.282. The van der Waals surface area contributed by atoms with Gasteiger partial charge in [-0.15, -0.1) is 12.2 Å². The summed E-state index contributed by atoms with van der Waals surface area (Å²) in [5.74, 6) is -0.197. The molecule has 9 rings (SSSR count). The predicted molar refractivity (Wildman–Crippen MR) is 195 cm³/mol. The molecule has 6 heteroatoms. The zero-order valence-corrected chi connectivity index (χ0v) is 28.5. The van der Waals surface area contributed by atoms with Gasteiger partial charge in [0.15, 0.2) is 0 Å². The molecule has 48 heavy (non-hydrogen) atoms. The van der Waals surface area contributed by atoms with E-state index in [1.807, 2.05) is 0 Å². The van der Waals surface area contributed by atoms with Gasteiger partial charge in [-0.05, 0) is 84.4 Å². The summed E-state index contributed by atoms with van der Waals surface area (Å²) < 4.78 is 0. The highest BCUT2D eigenvalue weighted by Crippen LogP contribution is 2.56. The van der Waals surface area contributed by atoms with Gasteiger partial charge in [0, 0.05) is 45.4 Å². The Morgan fingerprint density at radius 2 is 0.958 bits per heavy atom. The van der Waals surface area contributed by atoms with Crippen molar-refractivity contribution in [1.82, 2.24) is 0 Å². The fraction of sp³-hybridized carbons (Fsp3) is 0.524. The Hall–Kier alpha value is -3.48. The molecule has 2 heterocycles. The van der Waals surface area contributed by atoms with Crippen molar-refractivity contribution in [2.24, 2.45) is 11.8 Å². The van der Waals surface area contributed by atoms with E-state index in [1.54, 1.807) is 0 Å². The first-order valence-corrected chi connectivity index (χ1v) is 19.0. The van der Waals surface area contributed by atoms with Gasteiger partial charge < -0.3 is 31.5 Å². The van der Waals surface area contributed by atoms with Crippen molar-refractivity contribution in [2.75, 3.05) is 21.3 Å². The number of hydrogen-bond donors (Lipinski definition) is 4. The quantitative estimate of drug-likeness (QED) is 0.169. The molecule has 0 saturated heterocycles. The monoisotopic (exact) mass is 642 g/mol. The molecule has 6 nitrogen and oxygen atoms in total. The van der Waals surface area contributed by atoms with Crippen LogP contribution in [-0.4, -0.2) is 23.5 Å². The van der Waals surface area contributed by atoms with Gasteiger partial charge in [0.25, 0.3) is 0 Å². The Morgan fingerprint density at radius 1 is 0.542 bits per heavy atom. The van der Waals surface area contributed by atoms with Crippen molar-refractivity contribution >= 4 is 44.3 Å². The van der Waals surface area contributed by atoms with Gasteiger partial charge in [-0.25, -0.2) is 0 Å². The van der Waals surface area contributed by atoms with E-state index in [0.717, 1.165) is 68.3 Å². The van der Waals surface area contributed by atoms with Crippen LogP contribution >= 0.6 is 0 Å². The summed E-state index contributed by atoms with van der Waals surface area (Å²) >= 11 is 0. The van der Waals surface area contributed by atoms with E-state index in [4.69, 9.17) is 0 Å². The molecule has 5 aliphatic rings. The molecule has 0 aromatic heterocycles. The van der Waals surface area contributed by atoms with E-state index in [1.165, 1.54) is 64.2 Å². The highest BCUT2D eigenvalue weighted by Gasteiger charge is 2.47. The molecule has 2 atom stereocenters. The molecule has 2 unspecified atom stereocenters. The number of hydrogen-bond acceptors (Lipinski definition) is 6. The largest absolute Gasteiger partial charge is 0.851 e. The summed E-state index contributed by atoms with van der Waals surface area (Å²) in [6.07, 6.45) is 12.2. The summed E-state index contributed by atoms with van der Waals surface area (Å²) in [7, 11) is 0. The summed E-state index contributed by atoms with van der Waals surface area (Å²) in [4.78, 5) is 0. The van der Waals surface area contributed by atoms with Gasteiger partial charge in [-0.3, -0.25) is 0 Å². The van der Waals surface area contributed by atoms with Crippen LogP contribution < -0.4 is 31.5 Å². The summed E-state index contributed by atoms with van der Waals surface area (Å²) in [6.45, 7) is 4.53. The molecule has 0 amide bonds. The number of benzene rings is 4. The number of rotatable bonds is 6. The van der Waals surface area contributed by atoms with Gasteiger partial charge in [-0.2, -0.15) is 0 Å². The van der Waals surface area contributed by atoms with E-state index in [0.29, 0.717) is 11.8 Å². The lowest BCUT2D eigenvalue weighted by Gasteiger charge is -2.63. The fourth-order valence-corrected chi connectivity index (χ4v) is 10.7. The lowest BCUT2D eigenvalue weighted by Crippen LogP contribution is -2.64. The van der Waals surface area contributed by atoms with Crippen LogP contribution in [0.15, 0.2) is 60.7 Å². The maximum absolute atomic E-state index is 14.6. The lowest BCUT2D eigenvalue weighted by molar-refractivity contribution is -0.535. The van der Waals surface area contributed by atoms with Crippen LogP contribution in [0.25, 0.3) is 21.5 Å². The summed E-state index contributed by atoms with van der Waals surface area (Å²) in [6, 6.07) is 21.3. The predicted octanol–water partition coefficient (Wildman–Crippen LogP) is 8.38. The summed E-state index contributed by atoms with van der Waals surface area (Å²) in [5.41, 5.74) is 5.55. The molecule has 0 radical (unpaired) electrons. The molecule has 4 aromatic carbocycles. The Morgan fingerprint density at radius 3 is 1.35 bits per heavy atom. The van der Waals surface area contributed by atoms with Crippen molar-refractivity contribution < 1.29 is 10.2 Å². The molecular formula is C42H50N4O2-2. The average molecular weight is 643 g/mol. The Balaban J connectivity index is 1.11. The lowest BCUT2D eigenvalue weighted by atomic mass is 9.62. The van der Waals surface area contributed by atoms with Crippen molar-refractivity contribution in [1.29, 1.82) is 0 Å². The van der Waals surface area contributed by atoms with E-state index >= 15 is 0 Å². The standard InChI is InChI=1S/C42H50N4O2/c1-3-41(27-15-7-5-8-16-27)43-31-19-11-13-25-21-23-29(37(45-41)33(25)31)35-39(47)36(40(35)48)30-24-22-26-14-12-20-32-34(26)38(30)46-42(4-2,44-32)28-17-9-6-10-18-28/h11-14,19-24,27-28,35-36,39-40,43-46H,3-10,15-18H2,1-2H3/q-2. The molecule has 3 aliphatic carbocycles. The normalized spacial score (nSPS) is 31.8. The van der Waals surface area contributed by atoms with Crippen LogP contribution in [0.3, 0.4) is 0 Å². The van der Waals surface area contributed by atoms with Crippen molar-refractivity contribution in [3.8, 4) is 0 Å². The minimum atomic E-state index is -1.01. The third-order valence-electron chi connectivity index (χ3n) is 13.4. The third kappa shape index (κ3) is 4.44. The maximum Gasteiger partial charge on any atom is 0.110 e. The first-order chi connectivity index (χ1) is 23.5. The highest BCUT2D eigenvalue weighted by molar-refractivity contribution is 6.08. The minimum Gasteiger partial charge on any atom is -0.851 e. The van der Waals surface area contributed by atoms with Crippen LogP contribution in [0, 0.1) is 11.8 Å². The Kier molecular flexibility index (Phi) is 7.36. The zero-order chi connectivity index (χ0) is 32.6. The van der Waals surface area contributed by atoms with Crippen molar-refractivity contribution in [3.63, 3.8) is 0 Å². The van der Waals surface area contributed by atoms with Crippen molar-refractivity contribution in [2.45, 2.75) is 126 Å². The molecule has 252 valence electrons. The first kappa shape index (κ1) is 30.6. The van der Waals surface area contributed by atoms with E-state index in [2.05, 4.69) is 95.8 Å². The molecule has 0 bridgehead atoms. The molecule has 4 aromatic rings. The second-order valence-electron chi connectivity index (χ2n) is 15.7. The van der Waals surface area contributed by atoms with E-state index in [-0.39, 0.29) is 11.3 Å². The van der Waals surface area contributed by atoms with Crippen LogP contribution in [-0.2, 0) is 0 Å². The van der Waals surface area contributed by atoms with E-state index in [9.17, 15) is 10.2 Å². The van der Waals surface area contributed by atoms with E-state index < -0.39 is 24.0 Å². The van der Waals surface area contributed by atoms with Gasteiger partial charge >= 0.3 is 0 Å². The van der Waals surface area contributed by atoms with Crippen LogP contribution in [0.1, 0.15) is 114 Å². The van der Waals surface area contributed by atoms with Crippen molar-refractivity contribution in [3.05, 3.63) is 71.8 Å². The van der Waals surface area contributed by atoms with Gasteiger partial charge in [0.1, 0.15) is 11.3 Å². The number of anilines is 4. The van der Waals surface area contributed by atoms with Crippen LogP contribution in [0.5, 0.6) is 0 Å². The first-order valence-electron chi connectivity index (χ1n) is 19.0. The molecular weight excluding hydrogens is 592 g/mol. The second kappa shape index (κ2) is 11.6. The van der Waals surface area contributed by atoms with Gasteiger partial charge in [0.2, 0.25) is 0 Å². The summed E-state index contributed by atoms with van der Waals surface area (Å²) in [5, 5.41) is 49.8. The highest BCUT2D eigenvalue weighted by atomic mass is 16.3. The van der Waals surface area contributed by atoms with Gasteiger partial charge in [0.05, 0.1) is 0 Å². The molecule has 3 fully saturated rings. The Bertz CT molecular complexity index is 1720. The van der Waals surface area contributed by atoms with Crippen LogP contribution in [0.2, 0.25) is 0 Å². The molecule has 0 spiro atoms. The third-order valence-corrected chi connectivity index (χ3v) is 13.4. The topological polar surface area (TPSA) is 94.2 Å². The molecule has 3 saturated carbocycles. The average Bonchev–Trinajstić information content (AvgIpc) is 3.14. The molecule has 4 N–H and O–H groups in total. The second-order valence-corrected chi connectivity index (χ2v) is 15.7. The zero-order valence-electron chi connectivity index (χ0n) is 28.5. The Labute approximate surface area is 285 Å². The number of nitrogens with one attached hydrogen (secondary N) is 4. The van der Waals surface area contributed by atoms with Crippen LogP contribution in [0.4, 0.5) is 22.7 Å². The molecule has 2 aliphatic heterocycles. The maximum atomic E-state index is 14.6. The smallest absolute Gasteiger partial charge is 0.110 e. The SMILES string of the molecule is CCC1(C2CCCCC2)Nc2cccc3ccc(C4C([O-])C(c5ccc6cccc7c6c5NC(CC)(C5CCCCC5)N7)C4[O-])c(c23)N1.